The molecule has 0 heterocycles. The molecule has 88 valence electrons. The fourth-order valence-electron chi connectivity index (χ4n) is 1.72. The lowest BCUT2D eigenvalue weighted by Gasteiger charge is -2.31. The fourth-order valence-corrected chi connectivity index (χ4v) is 1.72. The lowest BCUT2D eigenvalue weighted by Crippen LogP contribution is -2.47. The van der Waals surface area contributed by atoms with Crippen molar-refractivity contribution in [3.63, 3.8) is 0 Å². The second kappa shape index (κ2) is 6.43. The zero-order valence-electron chi connectivity index (χ0n) is 9.99. The van der Waals surface area contributed by atoms with Crippen LogP contribution in [0.25, 0.3) is 0 Å². The molecule has 0 saturated carbocycles. The van der Waals surface area contributed by atoms with Crippen molar-refractivity contribution in [2.24, 2.45) is 0 Å². The predicted octanol–water partition coefficient (Wildman–Crippen LogP) is 1.89. The molecule has 1 amide bonds. The highest BCUT2D eigenvalue weighted by atomic mass is 16.4. The SMILES string of the molecule is CCCCC(C(=O)O)N(C(C)=O)C(C)C. The van der Waals surface area contributed by atoms with Crippen LogP contribution < -0.4 is 0 Å². The molecule has 0 spiro atoms. The Kier molecular flexibility index (Phi) is 5.97. The van der Waals surface area contributed by atoms with Crippen LogP contribution in [0.3, 0.4) is 0 Å². The summed E-state index contributed by atoms with van der Waals surface area (Å²) >= 11 is 0. The summed E-state index contributed by atoms with van der Waals surface area (Å²) in [4.78, 5) is 23.9. The second-order valence-electron chi connectivity index (χ2n) is 4.02. The molecule has 4 nitrogen and oxygen atoms in total. The monoisotopic (exact) mass is 215 g/mol. The lowest BCUT2D eigenvalue weighted by atomic mass is 10.1. The molecule has 0 aromatic rings. The number of amides is 1. The Morgan fingerprint density at radius 1 is 1.33 bits per heavy atom. The van der Waals surface area contributed by atoms with Crippen LogP contribution in [0.4, 0.5) is 0 Å². The lowest BCUT2D eigenvalue weighted by molar-refractivity contribution is -0.151. The summed E-state index contributed by atoms with van der Waals surface area (Å²) in [6.45, 7) is 7.10. The first-order chi connectivity index (χ1) is 6.91. The molecule has 0 aliphatic heterocycles. The minimum atomic E-state index is -0.910. The van der Waals surface area contributed by atoms with E-state index in [0.29, 0.717) is 6.42 Å². The molecule has 0 aliphatic rings. The zero-order chi connectivity index (χ0) is 12.0. The molecule has 0 saturated heterocycles. The van der Waals surface area contributed by atoms with Crippen molar-refractivity contribution in [1.82, 2.24) is 4.90 Å². The van der Waals surface area contributed by atoms with Crippen molar-refractivity contribution in [3.05, 3.63) is 0 Å². The van der Waals surface area contributed by atoms with Gasteiger partial charge in [-0.2, -0.15) is 0 Å². The quantitative estimate of drug-likeness (QED) is 0.736. The van der Waals surface area contributed by atoms with Gasteiger partial charge in [0.05, 0.1) is 0 Å². The number of nitrogens with zero attached hydrogens (tertiary/aromatic N) is 1. The van der Waals surface area contributed by atoms with Gasteiger partial charge < -0.3 is 10.0 Å². The summed E-state index contributed by atoms with van der Waals surface area (Å²) in [5, 5.41) is 9.07. The van der Waals surface area contributed by atoms with E-state index in [1.54, 1.807) is 0 Å². The van der Waals surface area contributed by atoms with E-state index in [2.05, 4.69) is 0 Å². The third-order valence-corrected chi connectivity index (χ3v) is 2.37. The first kappa shape index (κ1) is 13.9. The van der Waals surface area contributed by atoms with Gasteiger partial charge in [-0.25, -0.2) is 4.79 Å². The molecule has 0 fully saturated rings. The van der Waals surface area contributed by atoms with Gasteiger partial charge in [0.15, 0.2) is 0 Å². The highest BCUT2D eigenvalue weighted by Crippen LogP contribution is 2.13. The molecule has 4 heteroatoms. The normalized spacial score (nSPS) is 12.6. The Labute approximate surface area is 91.3 Å². The summed E-state index contributed by atoms with van der Waals surface area (Å²) in [5.41, 5.74) is 0. The number of hydrogen-bond acceptors (Lipinski definition) is 2. The highest BCUT2D eigenvalue weighted by molar-refractivity contribution is 5.82. The van der Waals surface area contributed by atoms with Crippen molar-refractivity contribution >= 4 is 11.9 Å². The molecule has 0 radical (unpaired) electrons. The van der Waals surface area contributed by atoms with E-state index in [4.69, 9.17) is 5.11 Å². The molecular weight excluding hydrogens is 194 g/mol. The number of unbranched alkanes of at least 4 members (excludes halogenated alkanes) is 1. The van der Waals surface area contributed by atoms with Crippen molar-refractivity contribution in [3.8, 4) is 0 Å². The summed E-state index contributed by atoms with van der Waals surface area (Å²) in [6.07, 6.45) is 2.30. The summed E-state index contributed by atoms with van der Waals surface area (Å²) in [6, 6.07) is -0.747. The Morgan fingerprint density at radius 3 is 2.13 bits per heavy atom. The molecule has 1 N–H and O–H groups in total. The van der Waals surface area contributed by atoms with E-state index in [-0.39, 0.29) is 11.9 Å². The largest absolute Gasteiger partial charge is 0.480 e. The Hall–Kier alpha value is -1.06. The van der Waals surface area contributed by atoms with Gasteiger partial charge in [0, 0.05) is 13.0 Å². The van der Waals surface area contributed by atoms with E-state index in [9.17, 15) is 9.59 Å². The molecule has 0 aliphatic carbocycles. The van der Waals surface area contributed by atoms with E-state index < -0.39 is 12.0 Å². The maximum absolute atomic E-state index is 11.4. The third-order valence-electron chi connectivity index (χ3n) is 2.37. The van der Waals surface area contributed by atoms with E-state index in [1.165, 1.54) is 11.8 Å². The van der Waals surface area contributed by atoms with E-state index >= 15 is 0 Å². The highest BCUT2D eigenvalue weighted by Gasteiger charge is 2.28. The smallest absolute Gasteiger partial charge is 0.326 e. The van der Waals surface area contributed by atoms with Crippen molar-refractivity contribution in [2.45, 2.75) is 59.0 Å². The number of carbonyl (C=O) groups excluding carboxylic acids is 1. The molecule has 0 aromatic heterocycles. The minimum absolute atomic E-state index is 0.0690. The van der Waals surface area contributed by atoms with Crippen molar-refractivity contribution < 1.29 is 14.7 Å². The topological polar surface area (TPSA) is 57.6 Å². The van der Waals surface area contributed by atoms with Crippen molar-refractivity contribution in [1.29, 1.82) is 0 Å². The summed E-state index contributed by atoms with van der Waals surface area (Å²) < 4.78 is 0. The number of carbonyl (C=O) groups is 2. The second-order valence-corrected chi connectivity index (χ2v) is 4.02. The van der Waals surface area contributed by atoms with Crippen LogP contribution in [-0.4, -0.2) is 34.0 Å². The number of hydrogen-bond donors (Lipinski definition) is 1. The average molecular weight is 215 g/mol. The predicted molar refractivity (Wildman–Crippen MR) is 58.6 cm³/mol. The first-order valence-corrected chi connectivity index (χ1v) is 5.43. The molecule has 1 atom stereocenters. The third kappa shape index (κ3) is 4.32. The Morgan fingerprint density at radius 2 is 1.87 bits per heavy atom. The van der Waals surface area contributed by atoms with Gasteiger partial charge in [-0.05, 0) is 20.3 Å². The van der Waals surface area contributed by atoms with Crippen LogP contribution in [-0.2, 0) is 9.59 Å². The molecule has 0 aromatic carbocycles. The maximum Gasteiger partial charge on any atom is 0.326 e. The minimum Gasteiger partial charge on any atom is -0.480 e. The van der Waals surface area contributed by atoms with Crippen molar-refractivity contribution in [2.75, 3.05) is 0 Å². The number of carboxylic acid groups (broad SMARTS) is 1. The van der Waals surface area contributed by atoms with Gasteiger partial charge in [0.2, 0.25) is 5.91 Å². The van der Waals surface area contributed by atoms with Gasteiger partial charge in [0.25, 0.3) is 0 Å². The van der Waals surface area contributed by atoms with Crippen LogP contribution in [0, 0.1) is 0 Å². The fraction of sp³-hybridized carbons (Fsp3) is 0.818. The molecular formula is C11H21NO3. The molecule has 1 unspecified atom stereocenters. The number of rotatable bonds is 6. The van der Waals surface area contributed by atoms with Gasteiger partial charge in [-0.1, -0.05) is 19.8 Å². The van der Waals surface area contributed by atoms with Crippen LogP contribution in [0.5, 0.6) is 0 Å². The van der Waals surface area contributed by atoms with Crippen LogP contribution in [0.1, 0.15) is 47.0 Å². The van der Waals surface area contributed by atoms with Crippen LogP contribution in [0.2, 0.25) is 0 Å². The zero-order valence-corrected chi connectivity index (χ0v) is 9.99. The van der Waals surface area contributed by atoms with E-state index in [0.717, 1.165) is 12.8 Å². The summed E-state index contributed by atoms with van der Waals surface area (Å²) in [5.74, 6) is -1.08. The van der Waals surface area contributed by atoms with E-state index in [1.807, 2.05) is 20.8 Å². The number of carboxylic acids is 1. The van der Waals surface area contributed by atoms with Crippen LogP contribution >= 0.6 is 0 Å². The van der Waals surface area contributed by atoms with Gasteiger partial charge >= 0.3 is 5.97 Å². The average Bonchev–Trinajstić information content (AvgIpc) is 2.09. The summed E-state index contributed by atoms with van der Waals surface area (Å²) in [7, 11) is 0. The molecule has 15 heavy (non-hydrogen) atoms. The molecule has 0 bridgehead atoms. The van der Waals surface area contributed by atoms with Crippen LogP contribution in [0.15, 0.2) is 0 Å². The van der Waals surface area contributed by atoms with Gasteiger partial charge in [-0.15, -0.1) is 0 Å². The first-order valence-electron chi connectivity index (χ1n) is 5.43. The van der Waals surface area contributed by atoms with Gasteiger partial charge in [-0.3, -0.25) is 4.79 Å². The maximum atomic E-state index is 11.4. The Bertz CT molecular complexity index is 226. The van der Waals surface area contributed by atoms with Gasteiger partial charge in [0.1, 0.15) is 6.04 Å². The molecule has 0 rings (SSSR count). The Balaban J connectivity index is 4.68. The standard InChI is InChI=1S/C11H21NO3/c1-5-6-7-10(11(14)15)12(8(2)3)9(4)13/h8,10H,5-7H2,1-4H3,(H,14,15). The number of aliphatic carboxylic acids is 1.